The molecule has 2 heterocycles. The van der Waals surface area contributed by atoms with Crippen LogP contribution in [0.25, 0.3) is 11.0 Å². The first kappa shape index (κ1) is 17.6. The maximum Gasteiger partial charge on any atom is 0.225 e. The minimum atomic E-state index is -0.00138. The molecule has 140 valence electrons. The summed E-state index contributed by atoms with van der Waals surface area (Å²) in [4.78, 5) is 23.0. The molecule has 2 N–H and O–H groups in total. The molecule has 5 heteroatoms. The van der Waals surface area contributed by atoms with E-state index in [-0.39, 0.29) is 11.8 Å². The predicted octanol–water partition coefficient (Wildman–Crippen LogP) is 3.71. The number of benzene rings is 2. The molecule has 27 heavy (non-hydrogen) atoms. The second-order valence-corrected chi connectivity index (χ2v) is 7.57. The van der Waals surface area contributed by atoms with Crippen LogP contribution in [0.2, 0.25) is 0 Å². The van der Waals surface area contributed by atoms with Gasteiger partial charge in [0.1, 0.15) is 0 Å². The maximum absolute atomic E-state index is 12.7. The molecule has 1 fully saturated rings. The molecule has 0 bridgehead atoms. The number of anilines is 1. The van der Waals surface area contributed by atoms with Crippen molar-refractivity contribution in [3.8, 4) is 0 Å². The van der Waals surface area contributed by atoms with Crippen molar-refractivity contribution >= 4 is 22.9 Å². The van der Waals surface area contributed by atoms with E-state index in [1.54, 1.807) is 0 Å². The number of H-pyrrole nitrogens is 1. The number of imidazole rings is 1. The van der Waals surface area contributed by atoms with Crippen molar-refractivity contribution in [3.05, 3.63) is 59.2 Å². The van der Waals surface area contributed by atoms with Gasteiger partial charge in [-0.1, -0.05) is 35.9 Å². The topological polar surface area (TPSA) is 61.0 Å². The van der Waals surface area contributed by atoms with Crippen LogP contribution in [0.1, 0.15) is 29.5 Å². The van der Waals surface area contributed by atoms with Gasteiger partial charge in [0.25, 0.3) is 0 Å². The molecule has 3 aromatic rings. The highest BCUT2D eigenvalue weighted by Gasteiger charge is 2.27. The van der Waals surface area contributed by atoms with E-state index >= 15 is 0 Å². The molecule has 1 saturated heterocycles. The molecular formula is C22H26N4O. The number of hydrogen-bond donors (Lipinski definition) is 2. The monoisotopic (exact) mass is 362 g/mol. The van der Waals surface area contributed by atoms with Gasteiger partial charge < -0.3 is 15.2 Å². The Kier molecular flexibility index (Phi) is 4.84. The van der Waals surface area contributed by atoms with Gasteiger partial charge in [-0.05, 0) is 49.9 Å². The first-order chi connectivity index (χ1) is 13.1. The molecule has 0 saturated carbocycles. The molecule has 4 rings (SSSR count). The van der Waals surface area contributed by atoms with Crippen molar-refractivity contribution < 1.29 is 4.79 Å². The zero-order valence-electron chi connectivity index (χ0n) is 16.0. The molecule has 0 radical (unpaired) electrons. The molecular weight excluding hydrogens is 336 g/mol. The van der Waals surface area contributed by atoms with Gasteiger partial charge in [0.05, 0.1) is 17.0 Å². The van der Waals surface area contributed by atoms with E-state index in [2.05, 4.69) is 59.4 Å². The second-order valence-electron chi connectivity index (χ2n) is 7.57. The Hall–Kier alpha value is -2.82. The number of piperidine rings is 1. The third-order valence-corrected chi connectivity index (χ3v) is 5.27. The minimum Gasteiger partial charge on any atom is -0.352 e. The van der Waals surface area contributed by atoms with Gasteiger partial charge in [0.2, 0.25) is 11.9 Å². The molecule has 1 amide bonds. The second kappa shape index (κ2) is 7.43. The van der Waals surface area contributed by atoms with Crippen LogP contribution in [0, 0.1) is 19.8 Å². The smallest absolute Gasteiger partial charge is 0.225 e. The van der Waals surface area contributed by atoms with Gasteiger partial charge in [0.15, 0.2) is 0 Å². The van der Waals surface area contributed by atoms with Crippen molar-refractivity contribution in [2.24, 2.45) is 5.92 Å². The van der Waals surface area contributed by atoms with Gasteiger partial charge in [-0.25, -0.2) is 4.98 Å². The number of aromatic nitrogens is 2. The fourth-order valence-corrected chi connectivity index (χ4v) is 3.80. The summed E-state index contributed by atoms with van der Waals surface area (Å²) >= 11 is 0. The molecule has 1 aliphatic rings. The average Bonchev–Trinajstić information content (AvgIpc) is 3.09. The predicted molar refractivity (Wildman–Crippen MR) is 109 cm³/mol. The summed E-state index contributed by atoms with van der Waals surface area (Å²) in [5.74, 6) is 0.999. The SMILES string of the molecule is Cc1cccc(CNC(=O)C2CCCN(c3nc4ccc(C)cc4[nH]3)C2)c1. The molecule has 1 aromatic heterocycles. The van der Waals surface area contributed by atoms with E-state index in [1.165, 1.54) is 11.1 Å². The molecule has 0 spiro atoms. The minimum absolute atomic E-state index is 0.00138. The molecule has 5 nitrogen and oxygen atoms in total. The fourth-order valence-electron chi connectivity index (χ4n) is 3.80. The van der Waals surface area contributed by atoms with Gasteiger partial charge in [-0.15, -0.1) is 0 Å². The van der Waals surface area contributed by atoms with E-state index in [0.717, 1.165) is 41.9 Å². The van der Waals surface area contributed by atoms with E-state index in [4.69, 9.17) is 4.98 Å². The summed E-state index contributed by atoms with van der Waals surface area (Å²) in [6.07, 6.45) is 1.92. The van der Waals surface area contributed by atoms with Crippen molar-refractivity contribution in [2.75, 3.05) is 18.0 Å². The lowest BCUT2D eigenvalue weighted by Crippen LogP contribution is -2.43. The lowest BCUT2D eigenvalue weighted by molar-refractivity contribution is -0.125. The van der Waals surface area contributed by atoms with Gasteiger partial charge in [-0.3, -0.25) is 4.79 Å². The summed E-state index contributed by atoms with van der Waals surface area (Å²) in [6, 6.07) is 14.5. The van der Waals surface area contributed by atoms with Crippen molar-refractivity contribution in [2.45, 2.75) is 33.2 Å². The van der Waals surface area contributed by atoms with Crippen LogP contribution in [0.15, 0.2) is 42.5 Å². The number of aromatic amines is 1. The van der Waals surface area contributed by atoms with Crippen molar-refractivity contribution in [1.29, 1.82) is 0 Å². The normalized spacial score (nSPS) is 17.3. The fraction of sp³-hybridized carbons (Fsp3) is 0.364. The van der Waals surface area contributed by atoms with E-state index < -0.39 is 0 Å². The Morgan fingerprint density at radius 3 is 2.93 bits per heavy atom. The summed E-state index contributed by atoms with van der Waals surface area (Å²) in [7, 11) is 0. The maximum atomic E-state index is 12.7. The zero-order chi connectivity index (χ0) is 18.8. The van der Waals surface area contributed by atoms with Crippen molar-refractivity contribution in [1.82, 2.24) is 15.3 Å². The van der Waals surface area contributed by atoms with Crippen LogP contribution < -0.4 is 10.2 Å². The highest BCUT2D eigenvalue weighted by Crippen LogP contribution is 2.24. The Morgan fingerprint density at radius 1 is 1.22 bits per heavy atom. The van der Waals surface area contributed by atoms with Gasteiger partial charge in [-0.2, -0.15) is 0 Å². The van der Waals surface area contributed by atoms with Crippen LogP contribution in [0.5, 0.6) is 0 Å². The Balaban J connectivity index is 1.41. The number of hydrogen-bond acceptors (Lipinski definition) is 3. The van der Waals surface area contributed by atoms with Gasteiger partial charge in [0, 0.05) is 19.6 Å². The molecule has 1 atom stereocenters. The van der Waals surface area contributed by atoms with Crippen LogP contribution in [-0.2, 0) is 11.3 Å². The summed E-state index contributed by atoms with van der Waals surface area (Å²) in [6.45, 7) is 6.37. The number of nitrogens with one attached hydrogen (secondary N) is 2. The number of fused-ring (bicyclic) bond motifs is 1. The molecule has 2 aromatic carbocycles. The first-order valence-electron chi connectivity index (χ1n) is 9.63. The number of amides is 1. The van der Waals surface area contributed by atoms with Crippen LogP contribution >= 0.6 is 0 Å². The molecule has 1 unspecified atom stereocenters. The van der Waals surface area contributed by atoms with E-state index in [9.17, 15) is 4.79 Å². The number of aryl methyl sites for hydroxylation is 2. The van der Waals surface area contributed by atoms with Gasteiger partial charge >= 0.3 is 0 Å². The first-order valence-corrected chi connectivity index (χ1v) is 9.63. The quantitative estimate of drug-likeness (QED) is 0.744. The summed E-state index contributed by atoms with van der Waals surface area (Å²) < 4.78 is 0. The standard InChI is InChI=1S/C22H26N4O/c1-15-5-3-6-17(11-15)13-23-21(27)18-7-4-10-26(14-18)22-24-19-9-8-16(2)12-20(19)25-22/h3,5-6,8-9,11-12,18H,4,7,10,13-14H2,1-2H3,(H,23,27)(H,24,25). The van der Waals surface area contributed by atoms with Crippen LogP contribution in [-0.4, -0.2) is 29.0 Å². The third-order valence-electron chi connectivity index (χ3n) is 5.27. The Labute approximate surface area is 159 Å². The van der Waals surface area contributed by atoms with Crippen LogP contribution in [0.4, 0.5) is 5.95 Å². The highest BCUT2D eigenvalue weighted by molar-refractivity contribution is 5.80. The summed E-state index contributed by atoms with van der Waals surface area (Å²) in [5, 5.41) is 3.11. The number of carbonyl (C=O) groups is 1. The number of carbonyl (C=O) groups excluding carboxylic acids is 1. The lowest BCUT2D eigenvalue weighted by atomic mass is 9.97. The lowest BCUT2D eigenvalue weighted by Gasteiger charge is -2.31. The Morgan fingerprint density at radius 2 is 2.07 bits per heavy atom. The summed E-state index contributed by atoms with van der Waals surface area (Å²) in [5.41, 5.74) is 5.59. The number of nitrogens with zero attached hydrogens (tertiary/aromatic N) is 2. The largest absolute Gasteiger partial charge is 0.352 e. The van der Waals surface area contributed by atoms with E-state index in [1.807, 2.05) is 12.1 Å². The molecule has 0 aliphatic carbocycles. The van der Waals surface area contributed by atoms with E-state index in [0.29, 0.717) is 13.1 Å². The average molecular weight is 362 g/mol. The van der Waals surface area contributed by atoms with Crippen LogP contribution in [0.3, 0.4) is 0 Å². The molecule has 1 aliphatic heterocycles. The highest BCUT2D eigenvalue weighted by atomic mass is 16.1. The number of rotatable bonds is 4. The van der Waals surface area contributed by atoms with Crippen molar-refractivity contribution in [3.63, 3.8) is 0 Å². The zero-order valence-corrected chi connectivity index (χ0v) is 16.0. The third kappa shape index (κ3) is 3.97. The Bertz CT molecular complexity index is 962.